The first kappa shape index (κ1) is 19.2. The zero-order valence-corrected chi connectivity index (χ0v) is 18.2. The first-order chi connectivity index (χ1) is 14.0. The van der Waals surface area contributed by atoms with E-state index in [9.17, 15) is 4.79 Å². The summed E-state index contributed by atoms with van der Waals surface area (Å²) in [7, 11) is 0. The molecule has 2 aromatic rings. The second-order valence-corrected chi connectivity index (χ2v) is 10.6. The fourth-order valence-electron chi connectivity index (χ4n) is 6.52. The number of carbonyl (C=O) groups excluding carboxylic acids is 1. The fraction of sp³-hybridized carbons (Fsp3) is 0.583. The maximum absolute atomic E-state index is 12.3. The number of nitrogens with zero attached hydrogens (tertiary/aromatic N) is 1. The van der Waals surface area contributed by atoms with Gasteiger partial charge in [0.2, 0.25) is 5.91 Å². The van der Waals surface area contributed by atoms with Gasteiger partial charge in [0.1, 0.15) is 5.76 Å². The van der Waals surface area contributed by atoms with E-state index in [1.54, 1.807) is 11.8 Å². The summed E-state index contributed by atoms with van der Waals surface area (Å²) in [6.07, 6.45) is 8.55. The molecule has 1 aromatic carbocycles. The van der Waals surface area contributed by atoms with Crippen molar-refractivity contribution in [3.8, 4) is 0 Å². The van der Waals surface area contributed by atoms with Crippen LogP contribution in [0.5, 0.6) is 0 Å². The Hall–Kier alpha value is -1.75. The lowest BCUT2D eigenvalue weighted by molar-refractivity contribution is -0.113. The molecule has 4 aliphatic rings. The number of hydrogen-bond acceptors (Lipinski definition) is 4. The molecule has 154 valence electrons. The van der Waals surface area contributed by atoms with Gasteiger partial charge >= 0.3 is 0 Å². The van der Waals surface area contributed by atoms with Crippen LogP contribution in [-0.2, 0) is 16.0 Å². The number of aryl methyl sites for hydroxylation is 2. The Kier molecular flexibility index (Phi) is 4.97. The predicted octanol–water partition coefficient (Wildman–Crippen LogP) is 5.63. The topological polar surface area (TPSA) is 55.1 Å². The highest BCUT2D eigenvalue weighted by Crippen LogP contribution is 2.60. The molecule has 5 heteroatoms. The van der Waals surface area contributed by atoms with E-state index in [-0.39, 0.29) is 5.91 Å². The molecule has 29 heavy (non-hydrogen) atoms. The van der Waals surface area contributed by atoms with Crippen LogP contribution in [0.4, 0.5) is 5.69 Å². The molecule has 1 aromatic heterocycles. The van der Waals surface area contributed by atoms with Gasteiger partial charge in [0.05, 0.1) is 11.4 Å². The Morgan fingerprint density at radius 2 is 1.72 bits per heavy atom. The van der Waals surface area contributed by atoms with Gasteiger partial charge in [-0.25, -0.2) is 0 Å². The minimum Gasteiger partial charge on any atom is -0.361 e. The number of carbonyl (C=O) groups is 1. The zero-order chi connectivity index (χ0) is 20.0. The smallest absolute Gasteiger partial charge is 0.234 e. The molecule has 0 atom stereocenters. The highest BCUT2D eigenvalue weighted by molar-refractivity contribution is 7.99. The number of thioether (sulfide) groups is 1. The molecule has 6 rings (SSSR count). The van der Waals surface area contributed by atoms with Gasteiger partial charge in [-0.2, -0.15) is 0 Å². The summed E-state index contributed by atoms with van der Waals surface area (Å²) in [5.41, 5.74) is 4.84. The van der Waals surface area contributed by atoms with Crippen molar-refractivity contribution >= 4 is 23.4 Å². The van der Waals surface area contributed by atoms with Gasteiger partial charge in [-0.3, -0.25) is 4.79 Å². The first-order valence-corrected chi connectivity index (χ1v) is 12.1. The standard InChI is InChI=1S/C24H30N2O2S/c1-15-22(16(2)28-26-15)13-29-14-23(27)25-21-5-3-20(4-6-21)24-10-17-7-18(11-24)9-19(8-17)12-24/h3-6,17-19H,7-14H2,1-2H3,(H,25,27). The third-order valence-corrected chi connectivity index (χ3v) is 8.44. The third-order valence-electron chi connectivity index (χ3n) is 7.48. The number of anilines is 1. The summed E-state index contributed by atoms with van der Waals surface area (Å²) in [5, 5.41) is 7.02. The number of benzene rings is 1. The van der Waals surface area contributed by atoms with E-state index in [1.807, 2.05) is 13.8 Å². The maximum Gasteiger partial charge on any atom is 0.234 e. The summed E-state index contributed by atoms with van der Waals surface area (Å²) in [6, 6.07) is 8.76. The molecular weight excluding hydrogens is 380 g/mol. The molecule has 4 nitrogen and oxygen atoms in total. The monoisotopic (exact) mass is 410 g/mol. The molecule has 1 heterocycles. The van der Waals surface area contributed by atoms with Crippen molar-refractivity contribution in [3.63, 3.8) is 0 Å². The Morgan fingerprint density at radius 3 is 2.28 bits per heavy atom. The van der Waals surface area contributed by atoms with Crippen LogP contribution in [-0.4, -0.2) is 16.8 Å². The van der Waals surface area contributed by atoms with E-state index in [2.05, 4.69) is 34.7 Å². The number of hydrogen-bond donors (Lipinski definition) is 1. The summed E-state index contributed by atoms with van der Waals surface area (Å²) >= 11 is 1.60. The second-order valence-electron chi connectivity index (χ2n) is 9.62. The molecule has 1 N–H and O–H groups in total. The van der Waals surface area contributed by atoms with Crippen LogP contribution in [0.15, 0.2) is 28.8 Å². The van der Waals surface area contributed by atoms with Crippen molar-refractivity contribution in [1.29, 1.82) is 0 Å². The highest BCUT2D eigenvalue weighted by Gasteiger charge is 2.51. The van der Waals surface area contributed by atoms with Crippen LogP contribution >= 0.6 is 11.8 Å². The second kappa shape index (κ2) is 7.50. The third kappa shape index (κ3) is 3.74. The van der Waals surface area contributed by atoms with E-state index in [0.29, 0.717) is 11.2 Å². The average Bonchev–Trinajstić information content (AvgIpc) is 2.99. The van der Waals surface area contributed by atoms with Gasteiger partial charge in [-0.1, -0.05) is 17.3 Å². The molecule has 4 bridgehead atoms. The maximum atomic E-state index is 12.3. The lowest BCUT2D eigenvalue weighted by atomic mass is 9.48. The Morgan fingerprint density at radius 1 is 1.10 bits per heavy atom. The van der Waals surface area contributed by atoms with Crippen LogP contribution in [0.2, 0.25) is 0 Å². The largest absolute Gasteiger partial charge is 0.361 e. The van der Waals surface area contributed by atoms with E-state index in [1.165, 1.54) is 44.1 Å². The van der Waals surface area contributed by atoms with Gasteiger partial charge in [-0.05, 0) is 93.2 Å². The molecule has 1 amide bonds. The van der Waals surface area contributed by atoms with Crippen molar-refractivity contribution < 1.29 is 9.32 Å². The molecule has 0 radical (unpaired) electrons. The van der Waals surface area contributed by atoms with Gasteiger partial charge in [0.15, 0.2) is 0 Å². The summed E-state index contributed by atoms with van der Waals surface area (Å²) in [5.74, 6) is 4.93. The lowest BCUT2D eigenvalue weighted by Crippen LogP contribution is -2.48. The first-order valence-electron chi connectivity index (χ1n) is 10.9. The summed E-state index contributed by atoms with van der Waals surface area (Å²) < 4.78 is 5.18. The minimum atomic E-state index is 0.0457. The molecule has 4 aliphatic carbocycles. The van der Waals surface area contributed by atoms with Gasteiger partial charge in [0, 0.05) is 17.0 Å². The quantitative estimate of drug-likeness (QED) is 0.670. The van der Waals surface area contributed by atoms with E-state index in [0.717, 1.165) is 46.2 Å². The Balaban J connectivity index is 1.17. The van der Waals surface area contributed by atoms with Crippen LogP contribution in [0, 0.1) is 31.6 Å². The zero-order valence-electron chi connectivity index (χ0n) is 17.4. The molecule has 4 fully saturated rings. The number of rotatable bonds is 6. The predicted molar refractivity (Wildman–Crippen MR) is 117 cm³/mol. The van der Waals surface area contributed by atoms with Crippen LogP contribution in [0.1, 0.15) is 61.1 Å². The SMILES string of the molecule is Cc1noc(C)c1CSCC(=O)Nc1ccc(C23CC4CC(CC(C4)C2)C3)cc1. The molecule has 0 aliphatic heterocycles. The molecule has 4 saturated carbocycles. The molecule has 0 saturated heterocycles. The minimum absolute atomic E-state index is 0.0457. The lowest BCUT2D eigenvalue weighted by Gasteiger charge is -2.57. The van der Waals surface area contributed by atoms with Gasteiger partial charge in [-0.15, -0.1) is 11.8 Å². The number of amides is 1. The number of nitrogens with one attached hydrogen (secondary N) is 1. The summed E-state index contributed by atoms with van der Waals surface area (Å²) in [4.78, 5) is 12.3. The van der Waals surface area contributed by atoms with Crippen molar-refractivity contribution in [2.45, 2.75) is 63.5 Å². The normalized spacial score (nSPS) is 29.9. The number of aromatic nitrogens is 1. The van der Waals surface area contributed by atoms with E-state index < -0.39 is 0 Å². The van der Waals surface area contributed by atoms with Gasteiger partial charge < -0.3 is 9.84 Å². The fourth-order valence-corrected chi connectivity index (χ4v) is 7.50. The Labute approximate surface area is 177 Å². The average molecular weight is 411 g/mol. The van der Waals surface area contributed by atoms with E-state index >= 15 is 0 Å². The summed E-state index contributed by atoms with van der Waals surface area (Å²) in [6.45, 7) is 3.86. The Bertz CT molecular complexity index is 847. The van der Waals surface area contributed by atoms with Crippen LogP contribution in [0.3, 0.4) is 0 Å². The van der Waals surface area contributed by atoms with E-state index in [4.69, 9.17) is 4.52 Å². The van der Waals surface area contributed by atoms with Crippen molar-refractivity contribution in [2.24, 2.45) is 17.8 Å². The van der Waals surface area contributed by atoms with Crippen LogP contribution in [0.25, 0.3) is 0 Å². The van der Waals surface area contributed by atoms with Crippen LogP contribution < -0.4 is 5.32 Å². The molecule has 0 spiro atoms. The van der Waals surface area contributed by atoms with Crippen molar-refractivity contribution in [2.75, 3.05) is 11.1 Å². The molecule has 0 unspecified atom stereocenters. The van der Waals surface area contributed by atoms with Crippen molar-refractivity contribution in [3.05, 3.63) is 46.8 Å². The van der Waals surface area contributed by atoms with Gasteiger partial charge in [0.25, 0.3) is 0 Å². The highest BCUT2D eigenvalue weighted by atomic mass is 32.2. The molecular formula is C24H30N2O2S. The van der Waals surface area contributed by atoms with Crippen molar-refractivity contribution in [1.82, 2.24) is 5.16 Å².